The maximum Gasteiger partial charge on any atom is 0.260 e. The van der Waals surface area contributed by atoms with Crippen LogP contribution in [0.4, 0.5) is 15.8 Å². The zero-order chi connectivity index (χ0) is 44.2. The van der Waals surface area contributed by atoms with Crippen LogP contribution in [-0.4, -0.2) is 54.6 Å². The van der Waals surface area contributed by atoms with Gasteiger partial charge in [0.05, 0.1) is 55.4 Å². The van der Waals surface area contributed by atoms with Crippen molar-refractivity contribution in [3.63, 3.8) is 0 Å². The monoisotopic (exact) mass is 867 g/mol. The van der Waals surface area contributed by atoms with Gasteiger partial charge in [0.1, 0.15) is 17.3 Å². The standard InChI is InChI=1S/C50H43ClFN3O8/c1-4-63-42-7-5-6-38(45(42)56)44-36-23-24-37-43(48(59)54(46(37)57)34-20-9-28(10-21-34)8-11-29-26-35(61-2)22-25-41(29)62-3)39(36)27-40-47(58)55(53-33-18-16-32(52)17-19-33)49(60)50(40,44)30-12-14-31(51)15-13-30/h5-23,25-26,37,39-40,43-44,53,56H,4,24,27H2,1-3H3/t37-,39+,40-,43-,44+,50+/m0/s1. The van der Waals surface area contributed by atoms with Gasteiger partial charge in [-0.15, -0.1) is 0 Å². The smallest absolute Gasteiger partial charge is 0.260 e. The molecule has 13 heteroatoms. The molecular weight excluding hydrogens is 825 g/mol. The SMILES string of the molecule is CCOc1cccc([C@H]2C3=CC[C@@H]4C(=O)N(c5ccc(C=Cc6cc(OC)ccc6OC)cc5)C(=O)[C@@H]4[C@@H]3C[C@H]3C(=O)N(Nc4ccc(F)cc4)C(=O)[C@@]23c2ccc(Cl)cc2)c1O. The molecule has 2 saturated heterocycles. The third-order valence-corrected chi connectivity index (χ3v) is 13.2. The maximum absolute atomic E-state index is 15.5. The lowest BCUT2D eigenvalue weighted by atomic mass is 9.49. The van der Waals surface area contributed by atoms with E-state index in [9.17, 15) is 23.9 Å². The lowest BCUT2D eigenvalue weighted by molar-refractivity contribution is -0.138. The average molecular weight is 868 g/mol. The third kappa shape index (κ3) is 6.80. The van der Waals surface area contributed by atoms with Crippen molar-refractivity contribution in [2.75, 3.05) is 31.2 Å². The predicted molar refractivity (Wildman–Crippen MR) is 236 cm³/mol. The number of ether oxygens (including phenoxy) is 3. The molecule has 63 heavy (non-hydrogen) atoms. The van der Waals surface area contributed by atoms with E-state index >= 15 is 4.79 Å². The minimum atomic E-state index is -1.67. The molecule has 2 heterocycles. The molecule has 0 radical (unpaired) electrons. The minimum absolute atomic E-state index is 0.0362. The summed E-state index contributed by atoms with van der Waals surface area (Å²) < 4.78 is 30.7. The Hall–Kier alpha value is -6.92. The Morgan fingerprint density at radius 2 is 1.59 bits per heavy atom. The Bertz CT molecular complexity index is 2700. The van der Waals surface area contributed by atoms with Crippen molar-refractivity contribution in [2.24, 2.45) is 23.7 Å². The van der Waals surface area contributed by atoms with Crippen molar-refractivity contribution in [3.05, 3.63) is 154 Å². The molecule has 3 fully saturated rings. The van der Waals surface area contributed by atoms with Crippen LogP contribution in [0.15, 0.2) is 121 Å². The number of nitrogens with one attached hydrogen (secondary N) is 1. The van der Waals surface area contributed by atoms with E-state index in [1.807, 2.05) is 48.6 Å². The molecule has 0 unspecified atom stereocenters. The van der Waals surface area contributed by atoms with Crippen LogP contribution < -0.4 is 24.5 Å². The van der Waals surface area contributed by atoms with Crippen molar-refractivity contribution >= 4 is 58.8 Å². The van der Waals surface area contributed by atoms with Crippen molar-refractivity contribution in [3.8, 4) is 23.0 Å². The van der Waals surface area contributed by atoms with Crippen molar-refractivity contribution < 1.29 is 42.9 Å². The number of rotatable bonds is 11. The molecule has 320 valence electrons. The van der Waals surface area contributed by atoms with Crippen LogP contribution in [0.2, 0.25) is 5.02 Å². The Morgan fingerprint density at radius 1 is 0.841 bits per heavy atom. The summed E-state index contributed by atoms with van der Waals surface area (Å²) in [5.74, 6) is -5.51. The largest absolute Gasteiger partial charge is 0.504 e. The summed E-state index contributed by atoms with van der Waals surface area (Å²) in [6.07, 6.45) is 5.92. The molecule has 2 N–H and O–H groups in total. The van der Waals surface area contributed by atoms with Gasteiger partial charge in [0.2, 0.25) is 11.8 Å². The first-order chi connectivity index (χ1) is 30.5. The number of amides is 4. The van der Waals surface area contributed by atoms with Crippen molar-refractivity contribution in [1.29, 1.82) is 0 Å². The van der Waals surface area contributed by atoms with Gasteiger partial charge < -0.3 is 19.3 Å². The summed E-state index contributed by atoms with van der Waals surface area (Å²) >= 11 is 6.42. The zero-order valence-corrected chi connectivity index (χ0v) is 35.3. The van der Waals surface area contributed by atoms with E-state index in [4.69, 9.17) is 25.8 Å². The predicted octanol–water partition coefficient (Wildman–Crippen LogP) is 8.96. The molecule has 2 aliphatic heterocycles. The van der Waals surface area contributed by atoms with E-state index in [0.717, 1.165) is 16.1 Å². The number of carbonyl (C=O) groups is 4. The highest BCUT2D eigenvalue weighted by Crippen LogP contribution is 2.65. The molecule has 0 bridgehead atoms. The van der Waals surface area contributed by atoms with Gasteiger partial charge in [0.15, 0.2) is 11.5 Å². The number of fused-ring (bicyclic) bond motifs is 4. The number of halogens is 2. The van der Waals surface area contributed by atoms with Gasteiger partial charge in [-0.25, -0.2) is 4.39 Å². The first kappa shape index (κ1) is 41.4. The van der Waals surface area contributed by atoms with E-state index in [1.54, 1.807) is 75.7 Å². The number of anilines is 2. The molecule has 5 aromatic rings. The second-order valence-electron chi connectivity index (χ2n) is 16.0. The number of phenolic OH excluding ortho intramolecular Hbond substituents is 1. The number of benzene rings is 5. The average Bonchev–Trinajstić information content (AvgIpc) is 3.68. The fourth-order valence-corrected chi connectivity index (χ4v) is 10.3. The number of hydrogen-bond acceptors (Lipinski definition) is 9. The van der Waals surface area contributed by atoms with E-state index in [2.05, 4.69) is 5.43 Å². The number of hydrazine groups is 1. The van der Waals surface area contributed by atoms with Crippen molar-refractivity contribution in [2.45, 2.75) is 31.1 Å². The molecule has 1 saturated carbocycles. The number of phenols is 1. The summed E-state index contributed by atoms with van der Waals surface area (Å²) in [4.78, 5) is 61.0. The van der Waals surface area contributed by atoms with Crippen LogP contribution in [0, 0.1) is 29.5 Å². The lowest BCUT2D eigenvalue weighted by Gasteiger charge is -2.50. The first-order valence-electron chi connectivity index (χ1n) is 20.7. The number of methoxy groups -OCH3 is 2. The van der Waals surface area contributed by atoms with Crippen LogP contribution in [0.25, 0.3) is 12.2 Å². The number of allylic oxidation sites excluding steroid dienone is 2. The first-order valence-corrected chi connectivity index (χ1v) is 21.1. The number of carbonyl (C=O) groups excluding carboxylic acids is 4. The van der Waals surface area contributed by atoms with Gasteiger partial charge >= 0.3 is 0 Å². The number of aromatic hydroxyl groups is 1. The summed E-state index contributed by atoms with van der Waals surface area (Å²) in [6, 6.07) is 29.6. The molecule has 9 rings (SSSR count). The van der Waals surface area contributed by atoms with E-state index in [-0.39, 0.29) is 36.9 Å². The Balaban J connectivity index is 1.13. The lowest BCUT2D eigenvalue weighted by Crippen LogP contribution is -2.53. The highest BCUT2D eigenvalue weighted by Gasteiger charge is 2.70. The van der Waals surface area contributed by atoms with Crippen LogP contribution in [0.3, 0.4) is 0 Å². The van der Waals surface area contributed by atoms with Gasteiger partial charge in [-0.3, -0.25) is 29.5 Å². The Kier molecular flexibility index (Phi) is 10.8. The van der Waals surface area contributed by atoms with Crippen LogP contribution in [-0.2, 0) is 24.6 Å². The van der Waals surface area contributed by atoms with Gasteiger partial charge in [-0.05, 0) is 110 Å². The van der Waals surface area contributed by atoms with Crippen LogP contribution >= 0.6 is 11.6 Å². The summed E-state index contributed by atoms with van der Waals surface area (Å²) in [6.45, 7) is 2.03. The molecular formula is C50H43ClFN3O8. The van der Waals surface area contributed by atoms with E-state index < -0.39 is 58.5 Å². The highest BCUT2D eigenvalue weighted by atomic mass is 35.5. The second kappa shape index (κ2) is 16.4. The topological polar surface area (TPSA) is 135 Å². The van der Waals surface area contributed by atoms with E-state index in [1.165, 1.54) is 29.2 Å². The normalized spacial score (nSPS) is 24.0. The van der Waals surface area contributed by atoms with Crippen LogP contribution in [0.1, 0.15) is 47.9 Å². The van der Waals surface area contributed by atoms with Gasteiger partial charge in [-0.1, -0.05) is 71.8 Å². The molecule has 6 atom stereocenters. The Labute approximate surface area is 368 Å². The van der Waals surface area contributed by atoms with Gasteiger partial charge in [0.25, 0.3) is 11.8 Å². The molecule has 4 aliphatic rings. The number of para-hydroxylation sites is 1. The fourth-order valence-electron chi connectivity index (χ4n) is 10.2. The number of hydrogen-bond donors (Lipinski definition) is 2. The molecule has 0 spiro atoms. The second-order valence-corrected chi connectivity index (χ2v) is 16.5. The zero-order valence-electron chi connectivity index (χ0n) is 34.6. The maximum atomic E-state index is 15.5. The molecule has 11 nitrogen and oxygen atoms in total. The van der Waals surface area contributed by atoms with Crippen LogP contribution in [0.5, 0.6) is 23.0 Å². The number of nitrogens with zero attached hydrogens (tertiary/aromatic N) is 2. The third-order valence-electron chi connectivity index (χ3n) is 12.9. The minimum Gasteiger partial charge on any atom is -0.504 e. The van der Waals surface area contributed by atoms with Gasteiger partial charge in [-0.2, -0.15) is 5.01 Å². The molecule has 0 aromatic heterocycles. The summed E-state index contributed by atoms with van der Waals surface area (Å²) in [7, 11) is 3.18. The number of imide groups is 2. The summed E-state index contributed by atoms with van der Waals surface area (Å²) in [5, 5.41) is 13.4. The highest BCUT2D eigenvalue weighted by molar-refractivity contribution is 6.30. The summed E-state index contributed by atoms with van der Waals surface area (Å²) in [5.41, 5.74) is 5.05. The molecule has 2 aliphatic carbocycles. The quantitative estimate of drug-likeness (QED) is 0.0758. The van der Waals surface area contributed by atoms with Gasteiger partial charge in [0, 0.05) is 22.1 Å². The molecule has 4 amide bonds. The molecule has 5 aromatic carbocycles. The fraction of sp³-hybridized carbons (Fsp3) is 0.240. The Morgan fingerprint density at radius 3 is 2.29 bits per heavy atom. The van der Waals surface area contributed by atoms with E-state index in [0.29, 0.717) is 44.6 Å². The van der Waals surface area contributed by atoms with Crippen molar-refractivity contribution in [1.82, 2.24) is 5.01 Å².